The maximum Gasteiger partial charge on any atom is 0.255 e. The molecule has 0 bridgehead atoms. The van der Waals surface area contributed by atoms with E-state index < -0.39 is 5.82 Å². The maximum absolute atomic E-state index is 13.5. The lowest BCUT2D eigenvalue weighted by Crippen LogP contribution is -2.48. The van der Waals surface area contributed by atoms with Crippen LogP contribution in [0.2, 0.25) is 0 Å². The maximum atomic E-state index is 13.5. The summed E-state index contributed by atoms with van der Waals surface area (Å²) in [5.41, 5.74) is 1.31. The first-order chi connectivity index (χ1) is 10.7. The molecule has 0 aliphatic carbocycles. The first-order valence-electron chi connectivity index (χ1n) is 7.03. The molecule has 2 aromatic rings. The molecule has 1 amide bonds. The molecule has 1 fully saturated rings. The Bertz CT molecular complexity index is 680. The second-order valence-corrected chi connectivity index (χ2v) is 5.98. The van der Waals surface area contributed by atoms with E-state index in [1.807, 2.05) is 12.1 Å². The topological polar surface area (TPSA) is 45.2 Å². The molecule has 2 heterocycles. The molecule has 1 aromatic heterocycles. The highest BCUT2D eigenvalue weighted by atomic mass is 79.9. The third-order valence-electron chi connectivity index (χ3n) is 3.73. The van der Waals surface area contributed by atoms with Gasteiger partial charge in [-0.05, 0) is 45.8 Å². The first-order valence-corrected chi connectivity index (χ1v) is 7.83. The molecule has 3 rings (SSSR count). The Balaban J connectivity index is 1.93. The number of amides is 1. The number of halogens is 2. The van der Waals surface area contributed by atoms with Gasteiger partial charge >= 0.3 is 0 Å². The highest BCUT2D eigenvalue weighted by Gasteiger charge is 2.29. The van der Waals surface area contributed by atoms with Crippen molar-refractivity contribution in [3.8, 4) is 0 Å². The zero-order valence-electron chi connectivity index (χ0n) is 11.8. The number of nitrogens with zero attached hydrogens (tertiary/aromatic N) is 2. The van der Waals surface area contributed by atoms with Gasteiger partial charge in [0.05, 0.1) is 11.6 Å². The second kappa shape index (κ2) is 6.54. The van der Waals surface area contributed by atoms with Gasteiger partial charge in [0, 0.05) is 36.5 Å². The predicted octanol–water partition coefficient (Wildman–Crippen LogP) is 2.77. The van der Waals surface area contributed by atoms with Gasteiger partial charge in [-0.1, -0.05) is 6.07 Å². The molecule has 1 aliphatic rings. The van der Waals surface area contributed by atoms with E-state index in [9.17, 15) is 9.18 Å². The molecule has 114 valence electrons. The van der Waals surface area contributed by atoms with Gasteiger partial charge in [0.15, 0.2) is 0 Å². The van der Waals surface area contributed by atoms with Crippen LogP contribution in [0.3, 0.4) is 0 Å². The minimum Gasteiger partial charge on any atom is -0.329 e. The van der Waals surface area contributed by atoms with Gasteiger partial charge < -0.3 is 10.2 Å². The van der Waals surface area contributed by atoms with Crippen LogP contribution >= 0.6 is 15.9 Å². The number of carbonyl (C=O) groups excluding carboxylic acids is 1. The number of aromatic nitrogens is 1. The number of rotatable bonds is 2. The number of carbonyl (C=O) groups is 1. The quantitative estimate of drug-likeness (QED) is 0.892. The van der Waals surface area contributed by atoms with Crippen molar-refractivity contribution in [2.24, 2.45) is 0 Å². The third-order valence-corrected chi connectivity index (χ3v) is 4.42. The molecule has 1 unspecified atom stereocenters. The molecule has 1 N–H and O–H groups in total. The van der Waals surface area contributed by atoms with Crippen LogP contribution in [0.25, 0.3) is 0 Å². The molecule has 4 nitrogen and oxygen atoms in total. The summed E-state index contributed by atoms with van der Waals surface area (Å²) >= 11 is 3.33. The molecule has 0 saturated carbocycles. The molecule has 1 aromatic carbocycles. The number of hydrogen-bond donors (Lipinski definition) is 1. The van der Waals surface area contributed by atoms with Crippen LogP contribution in [0.15, 0.2) is 47.2 Å². The average Bonchev–Trinajstić information content (AvgIpc) is 2.57. The van der Waals surface area contributed by atoms with Crippen molar-refractivity contribution in [3.63, 3.8) is 0 Å². The first kappa shape index (κ1) is 15.1. The normalized spacial score (nSPS) is 18.3. The van der Waals surface area contributed by atoms with E-state index >= 15 is 0 Å². The fourth-order valence-corrected chi connectivity index (χ4v) is 3.05. The molecule has 1 atom stereocenters. The monoisotopic (exact) mass is 363 g/mol. The zero-order chi connectivity index (χ0) is 15.5. The van der Waals surface area contributed by atoms with Gasteiger partial charge in [0.25, 0.3) is 5.91 Å². The van der Waals surface area contributed by atoms with E-state index in [1.54, 1.807) is 23.4 Å². The van der Waals surface area contributed by atoms with Crippen LogP contribution in [0, 0.1) is 5.82 Å². The SMILES string of the molecule is O=C(c1cc(F)ccc1Br)N1CCNCC1c1cccnc1. The van der Waals surface area contributed by atoms with Gasteiger partial charge in [-0.25, -0.2) is 4.39 Å². The molecule has 0 spiro atoms. The van der Waals surface area contributed by atoms with Gasteiger partial charge in [0.1, 0.15) is 5.82 Å². The van der Waals surface area contributed by atoms with Crippen LogP contribution in [-0.4, -0.2) is 35.4 Å². The molecular formula is C16H15BrFN3O. The van der Waals surface area contributed by atoms with Crippen molar-refractivity contribution in [1.82, 2.24) is 15.2 Å². The third kappa shape index (κ3) is 3.03. The summed E-state index contributed by atoms with van der Waals surface area (Å²) in [6.45, 7) is 1.95. The number of pyridine rings is 1. The minimum atomic E-state index is -0.417. The molecule has 0 radical (unpaired) electrons. The van der Waals surface area contributed by atoms with E-state index in [0.717, 1.165) is 12.1 Å². The van der Waals surface area contributed by atoms with E-state index in [0.29, 0.717) is 23.1 Å². The lowest BCUT2D eigenvalue weighted by Gasteiger charge is -2.36. The Labute approximate surface area is 136 Å². The molecule has 6 heteroatoms. The lowest BCUT2D eigenvalue weighted by atomic mass is 10.0. The number of piperazine rings is 1. The van der Waals surface area contributed by atoms with Gasteiger partial charge in [-0.15, -0.1) is 0 Å². The van der Waals surface area contributed by atoms with Crippen molar-refractivity contribution < 1.29 is 9.18 Å². The standard InChI is InChI=1S/C16H15BrFN3O/c17-14-4-3-12(18)8-13(14)16(22)21-7-6-20-10-15(21)11-2-1-5-19-9-11/h1-5,8-9,15,20H,6-7,10H2. The van der Waals surface area contributed by atoms with Crippen LogP contribution in [0.4, 0.5) is 4.39 Å². The Kier molecular flexibility index (Phi) is 4.49. The number of nitrogens with one attached hydrogen (secondary N) is 1. The van der Waals surface area contributed by atoms with Crippen molar-refractivity contribution in [2.75, 3.05) is 19.6 Å². The van der Waals surface area contributed by atoms with Gasteiger partial charge in [-0.3, -0.25) is 9.78 Å². The lowest BCUT2D eigenvalue weighted by molar-refractivity contribution is 0.0632. The predicted molar refractivity (Wildman–Crippen MR) is 85.0 cm³/mol. The summed E-state index contributed by atoms with van der Waals surface area (Å²) in [4.78, 5) is 18.7. The second-order valence-electron chi connectivity index (χ2n) is 5.13. The minimum absolute atomic E-state index is 0.106. The van der Waals surface area contributed by atoms with Crippen LogP contribution in [0.1, 0.15) is 22.0 Å². The Morgan fingerprint density at radius 2 is 2.27 bits per heavy atom. The zero-order valence-corrected chi connectivity index (χ0v) is 13.4. The largest absolute Gasteiger partial charge is 0.329 e. The van der Waals surface area contributed by atoms with Crippen LogP contribution in [-0.2, 0) is 0 Å². The van der Waals surface area contributed by atoms with Crippen LogP contribution < -0.4 is 5.32 Å². The van der Waals surface area contributed by atoms with Crippen molar-refractivity contribution >= 4 is 21.8 Å². The Hall–Kier alpha value is -1.79. The summed E-state index contributed by atoms with van der Waals surface area (Å²) in [7, 11) is 0. The fraction of sp³-hybridized carbons (Fsp3) is 0.250. The Morgan fingerprint density at radius 3 is 3.05 bits per heavy atom. The summed E-state index contributed by atoms with van der Waals surface area (Å²) < 4.78 is 14.1. The van der Waals surface area contributed by atoms with E-state index in [-0.39, 0.29) is 11.9 Å². The fourth-order valence-electron chi connectivity index (χ4n) is 2.63. The van der Waals surface area contributed by atoms with Crippen molar-refractivity contribution in [3.05, 3.63) is 64.1 Å². The summed E-state index contributed by atoms with van der Waals surface area (Å²) in [5, 5.41) is 3.29. The van der Waals surface area contributed by atoms with Gasteiger partial charge in [-0.2, -0.15) is 0 Å². The molecule has 22 heavy (non-hydrogen) atoms. The molecular weight excluding hydrogens is 349 g/mol. The Morgan fingerprint density at radius 1 is 1.41 bits per heavy atom. The van der Waals surface area contributed by atoms with Crippen molar-refractivity contribution in [2.45, 2.75) is 6.04 Å². The number of hydrogen-bond acceptors (Lipinski definition) is 3. The van der Waals surface area contributed by atoms with E-state index in [1.165, 1.54) is 12.1 Å². The summed E-state index contributed by atoms with van der Waals surface area (Å²) in [5.74, 6) is -0.596. The van der Waals surface area contributed by atoms with Crippen molar-refractivity contribution in [1.29, 1.82) is 0 Å². The molecule has 1 saturated heterocycles. The average molecular weight is 364 g/mol. The highest BCUT2D eigenvalue weighted by molar-refractivity contribution is 9.10. The van der Waals surface area contributed by atoms with E-state index in [2.05, 4.69) is 26.2 Å². The summed E-state index contributed by atoms with van der Waals surface area (Å²) in [6, 6.07) is 7.86. The summed E-state index contributed by atoms with van der Waals surface area (Å²) in [6.07, 6.45) is 3.47. The highest BCUT2D eigenvalue weighted by Crippen LogP contribution is 2.26. The van der Waals surface area contributed by atoms with E-state index in [4.69, 9.17) is 0 Å². The smallest absolute Gasteiger partial charge is 0.255 e. The molecule has 1 aliphatic heterocycles. The van der Waals surface area contributed by atoms with Crippen LogP contribution in [0.5, 0.6) is 0 Å². The number of benzene rings is 1. The van der Waals surface area contributed by atoms with Gasteiger partial charge in [0.2, 0.25) is 0 Å².